The van der Waals surface area contributed by atoms with E-state index in [0.29, 0.717) is 5.69 Å². The van der Waals surface area contributed by atoms with Crippen molar-refractivity contribution >= 4 is 39.2 Å². The predicted molar refractivity (Wildman–Crippen MR) is 106 cm³/mol. The van der Waals surface area contributed by atoms with Crippen LogP contribution in [0.5, 0.6) is 0 Å². The molecule has 1 aliphatic heterocycles. The smallest absolute Gasteiger partial charge is 0.319 e. The maximum absolute atomic E-state index is 12.3. The van der Waals surface area contributed by atoms with E-state index in [0.717, 1.165) is 29.9 Å². The minimum atomic E-state index is -0.499. The molecule has 1 aliphatic rings. The van der Waals surface area contributed by atoms with Crippen molar-refractivity contribution in [3.8, 4) is 0 Å². The number of carbonyl (C=O) groups excluding carboxylic acids is 2. The number of quaternary nitrogens is 1. The van der Waals surface area contributed by atoms with E-state index in [1.807, 2.05) is 36.4 Å². The van der Waals surface area contributed by atoms with Crippen molar-refractivity contribution in [3.63, 3.8) is 0 Å². The number of imide groups is 1. The highest BCUT2D eigenvalue weighted by atomic mass is 32.1. The zero-order chi connectivity index (χ0) is 18.6. The monoisotopic (exact) mass is 381 g/mol. The molecular weight excluding hydrogens is 360 g/mol. The van der Waals surface area contributed by atoms with Gasteiger partial charge in [-0.3, -0.25) is 10.1 Å². The van der Waals surface area contributed by atoms with Crippen molar-refractivity contribution < 1.29 is 14.5 Å². The maximum atomic E-state index is 12.3. The molecule has 6 nitrogen and oxygen atoms in total. The minimum absolute atomic E-state index is 0.213. The van der Waals surface area contributed by atoms with Crippen LogP contribution in [-0.4, -0.2) is 30.0 Å². The SMILES string of the molecule is O=C(C[NH+]1CCC[C@@H]1c1nc2ccccc2s1)NC(=O)Nc1ccccc1. The van der Waals surface area contributed by atoms with Gasteiger partial charge in [-0.15, -0.1) is 11.3 Å². The van der Waals surface area contributed by atoms with Gasteiger partial charge in [0.2, 0.25) is 0 Å². The Labute approximate surface area is 161 Å². The maximum Gasteiger partial charge on any atom is 0.326 e. The van der Waals surface area contributed by atoms with E-state index in [-0.39, 0.29) is 18.5 Å². The second-order valence-corrected chi connectivity index (χ2v) is 7.73. The normalized spacial score (nSPS) is 19.1. The number of nitrogens with one attached hydrogen (secondary N) is 3. The molecule has 2 aromatic carbocycles. The fraction of sp³-hybridized carbons (Fsp3) is 0.250. The number of hydrogen-bond acceptors (Lipinski definition) is 4. The van der Waals surface area contributed by atoms with Gasteiger partial charge in [0.15, 0.2) is 11.6 Å². The number of amides is 3. The molecule has 1 fully saturated rings. The Morgan fingerprint density at radius 1 is 1.11 bits per heavy atom. The summed E-state index contributed by atoms with van der Waals surface area (Å²) in [7, 11) is 0. The molecule has 7 heteroatoms. The van der Waals surface area contributed by atoms with E-state index < -0.39 is 6.03 Å². The summed E-state index contributed by atoms with van der Waals surface area (Å²) in [6, 6.07) is 16.9. The average Bonchev–Trinajstić information content (AvgIpc) is 3.28. The molecule has 0 bridgehead atoms. The quantitative estimate of drug-likeness (QED) is 0.649. The zero-order valence-electron chi connectivity index (χ0n) is 14.8. The summed E-state index contributed by atoms with van der Waals surface area (Å²) in [4.78, 5) is 30.3. The molecule has 1 saturated heterocycles. The molecule has 2 heterocycles. The van der Waals surface area contributed by atoms with Crippen molar-refractivity contribution in [2.24, 2.45) is 0 Å². The number of nitrogens with zero attached hydrogens (tertiary/aromatic N) is 1. The van der Waals surface area contributed by atoms with Gasteiger partial charge in [-0.05, 0) is 24.3 Å². The molecule has 3 N–H and O–H groups in total. The first-order valence-electron chi connectivity index (χ1n) is 9.05. The molecule has 0 aliphatic carbocycles. The number of para-hydroxylation sites is 2. The van der Waals surface area contributed by atoms with Crippen LogP contribution in [0.1, 0.15) is 23.9 Å². The van der Waals surface area contributed by atoms with Gasteiger partial charge in [-0.1, -0.05) is 30.3 Å². The van der Waals surface area contributed by atoms with Gasteiger partial charge in [0, 0.05) is 18.5 Å². The minimum Gasteiger partial charge on any atom is -0.319 e. The Morgan fingerprint density at radius 3 is 2.70 bits per heavy atom. The number of carbonyl (C=O) groups is 2. The second-order valence-electron chi connectivity index (χ2n) is 6.67. The van der Waals surface area contributed by atoms with Gasteiger partial charge in [-0.2, -0.15) is 0 Å². The molecule has 1 aromatic heterocycles. The lowest BCUT2D eigenvalue weighted by molar-refractivity contribution is -0.910. The Hall–Kier alpha value is -2.77. The molecular formula is C20H21N4O2S+. The number of aromatic nitrogens is 1. The summed E-state index contributed by atoms with van der Waals surface area (Å²) in [6.07, 6.45) is 2.07. The van der Waals surface area contributed by atoms with Gasteiger partial charge in [0.1, 0.15) is 6.04 Å². The molecule has 0 spiro atoms. The Morgan fingerprint density at radius 2 is 1.89 bits per heavy atom. The summed E-state index contributed by atoms with van der Waals surface area (Å²) in [5, 5.41) is 6.17. The molecule has 3 amide bonds. The van der Waals surface area contributed by atoms with E-state index in [1.165, 1.54) is 9.60 Å². The fourth-order valence-corrected chi connectivity index (χ4v) is 4.68. The standard InChI is InChI=1S/C20H20N4O2S/c25-18(23-20(26)21-14-7-2-1-3-8-14)13-24-12-6-10-16(24)19-22-15-9-4-5-11-17(15)27-19/h1-5,7-9,11,16H,6,10,12-13H2,(H2,21,23,25,26)/p+1/t16-/m1/s1. The van der Waals surface area contributed by atoms with E-state index in [1.54, 1.807) is 23.5 Å². The van der Waals surface area contributed by atoms with Crippen molar-refractivity contribution in [1.29, 1.82) is 0 Å². The van der Waals surface area contributed by atoms with Gasteiger partial charge in [0.05, 0.1) is 16.8 Å². The Bertz CT molecular complexity index is 924. The van der Waals surface area contributed by atoms with Crippen molar-refractivity contribution in [2.75, 3.05) is 18.4 Å². The molecule has 0 saturated carbocycles. The molecule has 138 valence electrons. The Kier molecular flexibility index (Phi) is 5.13. The van der Waals surface area contributed by atoms with Crippen LogP contribution in [0.25, 0.3) is 10.2 Å². The summed E-state index contributed by atoms with van der Waals surface area (Å²) < 4.78 is 1.17. The number of benzene rings is 2. The summed E-state index contributed by atoms with van der Waals surface area (Å²) in [5.74, 6) is -0.272. The third-order valence-electron chi connectivity index (χ3n) is 4.76. The lowest BCUT2D eigenvalue weighted by Crippen LogP contribution is -3.11. The summed E-state index contributed by atoms with van der Waals surface area (Å²) in [6.45, 7) is 1.18. The third-order valence-corrected chi connectivity index (χ3v) is 5.91. The number of fused-ring (bicyclic) bond motifs is 1. The van der Waals surface area contributed by atoms with Crippen LogP contribution >= 0.6 is 11.3 Å². The highest BCUT2D eigenvalue weighted by Gasteiger charge is 2.34. The number of thiazole rings is 1. The van der Waals surface area contributed by atoms with E-state index in [2.05, 4.69) is 16.7 Å². The van der Waals surface area contributed by atoms with Crippen LogP contribution in [0.2, 0.25) is 0 Å². The van der Waals surface area contributed by atoms with Crippen LogP contribution in [0, 0.1) is 0 Å². The van der Waals surface area contributed by atoms with Crippen molar-refractivity contribution in [1.82, 2.24) is 10.3 Å². The molecule has 0 radical (unpaired) electrons. The van der Waals surface area contributed by atoms with E-state index >= 15 is 0 Å². The Balaban J connectivity index is 1.37. The first kappa shape index (κ1) is 17.6. The van der Waals surface area contributed by atoms with Crippen LogP contribution in [0.3, 0.4) is 0 Å². The van der Waals surface area contributed by atoms with Crippen LogP contribution in [-0.2, 0) is 4.79 Å². The number of hydrogen-bond donors (Lipinski definition) is 3. The zero-order valence-corrected chi connectivity index (χ0v) is 15.6. The molecule has 3 aromatic rings. The molecule has 1 unspecified atom stereocenters. The first-order chi connectivity index (χ1) is 13.2. The largest absolute Gasteiger partial charge is 0.326 e. The lowest BCUT2D eigenvalue weighted by atomic mass is 10.2. The summed E-state index contributed by atoms with van der Waals surface area (Å²) in [5.41, 5.74) is 1.67. The highest BCUT2D eigenvalue weighted by molar-refractivity contribution is 7.18. The first-order valence-corrected chi connectivity index (χ1v) is 9.86. The fourth-order valence-electron chi connectivity index (χ4n) is 3.52. The second kappa shape index (κ2) is 7.85. The topological polar surface area (TPSA) is 75.5 Å². The van der Waals surface area contributed by atoms with Crippen LogP contribution in [0.4, 0.5) is 10.5 Å². The van der Waals surface area contributed by atoms with Crippen LogP contribution in [0.15, 0.2) is 54.6 Å². The average molecular weight is 381 g/mol. The number of rotatable bonds is 4. The van der Waals surface area contributed by atoms with Gasteiger partial charge >= 0.3 is 6.03 Å². The third kappa shape index (κ3) is 4.15. The van der Waals surface area contributed by atoms with Crippen LogP contribution < -0.4 is 15.5 Å². The van der Waals surface area contributed by atoms with Gasteiger partial charge in [-0.25, -0.2) is 9.78 Å². The highest BCUT2D eigenvalue weighted by Crippen LogP contribution is 2.28. The van der Waals surface area contributed by atoms with Gasteiger partial charge < -0.3 is 10.2 Å². The van der Waals surface area contributed by atoms with E-state index in [4.69, 9.17) is 4.98 Å². The lowest BCUT2D eigenvalue weighted by Gasteiger charge is -2.19. The van der Waals surface area contributed by atoms with Crippen molar-refractivity contribution in [3.05, 3.63) is 59.6 Å². The van der Waals surface area contributed by atoms with E-state index in [9.17, 15) is 9.59 Å². The predicted octanol–water partition coefficient (Wildman–Crippen LogP) is 2.36. The number of urea groups is 1. The number of anilines is 1. The number of likely N-dealkylation sites (tertiary alicyclic amines) is 1. The molecule has 2 atom stereocenters. The molecule has 27 heavy (non-hydrogen) atoms. The van der Waals surface area contributed by atoms with Crippen molar-refractivity contribution in [2.45, 2.75) is 18.9 Å². The van der Waals surface area contributed by atoms with Gasteiger partial charge in [0.25, 0.3) is 5.91 Å². The summed E-state index contributed by atoms with van der Waals surface area (Å²) >= 11 is 1.70. The molecule has 4 rings (SSSR count).